The molecule has 256 valence electrons. The Morgan fingerprint density at radius 1 is 0.345 bits per heavy atom. The van der Waals surface area contributed by atoms with E-state index in [9.17, 15) is 5.26 Å². The number of rotatable bonds is 5. The normalized spacial score (nSPS) is 11.6. The van der Waals surface area contributed by atoms with Gasteiger partial charge in [0, 0.05) is 50.7 Å². The summed E-state index contributed by atoms with van der Waals surface area (Å²) < 4.78 is 13.1. The Bertz CT molecular complexity index is 3160. The fourth-order valence-electron chi connectivity index (χ4n) is 8.02. The van der Waals surface area contributed by atoms with Crippen LogP contribution in [0, 0.1) is 11.3 Å². The number of anilines is 3. The largest absolute Gasteiger partial charge is 0.456 e. The molecular formula is C51H30N2O2. The van der Waals surface area contributed by atoms with Crippen molar-refractivity contribution in [2.75, 3.05) is 4.90 Å². The van der Waals surface area contributed by atoms with Crippen LogP contribution >= 0.6 is 0 Å². The number of hydrogen-bond donors (Lipinski definition) is 0. The average Bonchev–Trinajstić information content (AvgIpc) is 3.78. The third-order valence-corrected chi connectivity index (χ3v) is 10.9. The Balaban J connectivity index is 1.02. The van der Waals surface area contributed by atoms with E-state index in [1.165, 1.54) is 10.8 Å². The minimum Gasteiger partial charge on any atom is -0.456 e. The van der Waals surface area contributed by atoms with E-state index in [1.54, 1.807) is 0 Å². The van der Waals surface area contributed by atoms with Crippen molar-refractivity contribution in [1.29, 1.82) is 5.26 Å². The number of benzene rings is 9. The van der Waals surface area contributed by atoms with Gasteiger partial charge in [-0.25, -0.2) is 0 Å². The van der Waals surface area contributed by atoms with Crippen LogP contribution in [0.2, 0.25) is 0 Å². The summed E-state index contributed by atoms with van der Waals surface area (Å²) >= 11 is 0. The van der Waals surface area contributed by atoms with Crippen LogP contribution in [0.25, 0.3) is 87.7 Å². The first-order valence-corrected chi connectivity index (χ1v) is 18.4. The number of hydrogen-bond acceptors (Lipinski definition) is 4. The van der Waals surface area contributed by atoms with Gasteiger partial charge in [0.05, 0.1) is 11.6 Å². The van der Waals surface area contributed by atoms with Gasteiger partial charge in [-0.2, -0.15) is 5.26 Å². The molecule has 0 radical (unpaired) electrons. The van der Waals surface area contributed by atoms with Gasteiger partial charge < -0.3 is 13.7 Å². The zero-order valence-electron chi connectivity index (χ0n) is 29.5. The molecule has 0 amide bonds. The highest BCUT2D eigenvalue weighted by atomic mass is 16.3. The summed E-state index contributed by atoms with van der Waals surface area (Å²) in [5, 5.41) is 18.3. The standard InChI is InChI=1S/C51H30N2O2/c52-31-32-9-11-33(12-10-32)34-13-15-35(16-14-34)36-17-19-41(20-18-36)53(42-21-23-44-46-25-37-5-1-3-7-39(37)27-48(46)54-50(44)29-42)43-22-24-45-47-26-38-6-2-4-8-40(38)28-49(47)55-51(45)30-43/h1-30H. The second-order valence-electron chi connectivity index (χ2n) is 14.1. The summed E-state index contributed by atoms with van der Waals surface area (Å²) in [4.78, 5) is 2.27. The molecule has 2 aromatic heterocycles. The quantitative estimate of drug-likeness (QED) is 0.179. The van der Waals surface area contributed by atoms with E-state index in [0.717, 1.165) is 94.0 Å². The molecule has 2 heterocycles. The lowest BCUT2D eigenvalue weighted by Gasteiger charge is -2.25. The molecule has 55 heavy (non-hydrogen) atoms. The van der Waals surface area contributed by atoms with Crippen LogP contribution in [0.4, 0.5) is 17.1 Å². The monoisotopic (exact) mass is 702 g/mol. The second kappa shape index (κ2) is 12.2. The summed E-state index contributed by atoms with van der Waals surface area (Å²) in [6.45, 7) is 0. The minimum atomic E-state index is 0.659. The number of nitriles is 1. The molecule has 0 saturated heterocycles. The maximum Gasteiger partial charge on any atom is 0.137 e. The van der Waals surface area contributed by atoms with Crippen LogP contribution in [0.1, 0.15) is 5.56 Å². The van der Waals surface area contributed by atoms with Gasteiger partial charge in [0.1, 0.15) is 22.3 Å². The molecule has 9 aromatic carbocycles. The Morgan fingerprint density at radius 3 is 1.15 bits per heavy atom. The van der Waals surface area contributed by atoms with Crippen LogP contribution < -0.4 is 4.90 Å². The first-order valence-electron chi connectivity index (χ1n) is 18.4. The predicted octanol–water partition coefficient (Wildman–Crippen LogP) is 14.5. The molecule has 0 aliphatic carbocycles. The summed E-state index contributed by atoms with van der Waals surface area (Å²) in [7, 11) is 0. The number of furan rings is 2. The van der Waals surface area contributed by atoms with Gasteiger partial charge in [-0.3, -0.25) is 0 Å². The fraction of sp³-hybridized carbons (Fsp3) is 0. The summed E-state index contributed by atoms with van der Waals surface area (Å²) in [5.74, 6) is 0. The first-order chi connectivity index (χ1) is 27.1. The molecule has 0 aliphatic rings. The Morgan fingerprint density at radius 2 is 0.709 bits per heavy atom. The Hall–Kier alpha value is -7.61. The van der Waals surface area contributed by atoms with Crippen LogP contribution in [0.15, 0.2) is 191 Å². The lowest BCUT2D eigenvalue weighted by Crippen LogP contribution is -2.09. The Labute approximate surface area is 316 Å². The van der Waals surface area contributed by atoms with E-state index in [1.807, 2.05) is 24.3 Å². The molecule has 4 heteroatoms. The smallest absolute Gasteiger partial charge is 0.137 e. The van der Waals surface area contributed by atoms with Crippen LogP contribution in [-0.4, -0.2) is 0 Å². The van der Waals surface area contributed by atoms with Gasteiger partial charge in [-0.1, -0.05) is 97.1 Å². The molecule has 0 bridgehead atoms. The molecule has 0 aliphatic heterocycles. The average molecular weight is 703 g/mol. The second-order valence-corrected chi connectivity index (χ2v) is 14.1. The van der Waals surface area contributed by atoms with Crippen LogP contribution in [0.5, 0.6) is 0 Å². The van der Waals surface area contributed by atoms with Gasteiger partial charge in [-0.15, -0.1) is 0 Å². The van der Waals surface area contributed by atoms with Gasteiger partial charge in [-0.05, 0) is 117 Å². The summed E-state index contributed by atoms with van der Waals surface area (Å²) in [5.41, 5.74) is 11.5. The third-order valence-electron chi connectivity index (χ3n) is 10.9. The van der Waals surface area contributed by atoms with E-state index < -0.39 is 0 Å². The topological polar surface area (TPSA) is 53.3 Å². The lowest BCUT2D eigenvalue weighted by molar-refractivity contribution is 0.669. The molecule has 0 atom stereocenters. The van der Waals surface area contributed by atoms with Crippen molar-refractivity contribution in [3.05, 3.63) is 188 Å². The molecule has 0 unspecified atom stereocenters. The van der Waals surface area contributed by atoms with E-state index in [4.69, 9.17) is 8.83 Å². The highest BCUT2D eigenvalue weighted by Crippen LogP contribution is 2.42. The predicted molar refractivity (Wildman–Crippen MR) is 226 cm³/mol. The van der Waals surface area contributed by atoms with E-state index >= 15 is 0 Å². The number of fused-ring (bicyclic) bond motifs is 8. The molecule has 0 N–H and O–H groups in total. The summed E-state index contributed by atoms with van der Waals surface area (Å²) in [6.07, 6.45) is 0. The first kappa shape index (κ1) is 31.0. The highest BCUT2D eigenvalue weighted by molar-refractivity contribution is 6.12. The van der Waals surface area contributed by atoms with E-state index in [-0.39, 0.29) is 0 Å². The lowest BCUT2D eigenvalue weighted by atomic mass is 9.99. The van der Waals surface area contributed by atoms with Gasteiger partial charge in [0.15, 0.2) is 0 Å². The molecule has 11 rings (SSSR count). The molecule has 11 aromatic rings. The van der Waals surface area contributed by atoms with E-state index in [0.29, 0.717) is 5.56 Å². The summed E-state index contributed by atoms with van der Waals surface area (Å²) in [6, 6.07) is 65.7. The molecule has 0 saturated carbocycles. The zero-order valence-corrected chi connectivity index (χ0v) is 29.5. The molecule has 0 fully saturated rings. The Kier molecular flexibility index (Phi) is 6.89. The zero-order chi connectivity index (χ0) is 36.5. The molecule has 4 nitrogen and oxygen atoms in total. The van der Waals surface area contributed by atoms with E-state index in [2.05, 4.69) is 169 Å². The SMILES string of the molecule is N#Cc1ccc(-c2ccc(-c3ccc(N(c4ccc5c(c4)oc4cc6ccccc6cc45)c4ccc5c(c4)oc4cc6ccccc6cc45)cc3)cc2)cc1. The van der Waals surface area contributed by atoms with Gasteiger partial charge >= 0.3 is 0 Å². The number of nitrogens with zero attached hydrogens (tertiary/aromatic N) is 2. The van der Waals surface area contributed by atoms with Crippen molar-refractivity contribution in [3.8, 4) is 28.3 Å². The highest BCUT2D eigenvalue weighted by Gasteiger charge is 2.18. The van der Waals surface area contributed by atoms with Crippen molar-refractivity contribution in [2.45, 2.75) is 0 Å². The minimum absolute atomic E-state index is 0.659. The van der Waals surface area contributed by atoms with Crippen LogP contribution in [0.3, 0.4) is 0 Å². The van der Waals surface area contributed by atoms with Crippen molar-refractivity contribution in [3.63, 3.8) is 0 Å². The van der Waals surface area contributed by atoms with Crippen molar-refractivity contribution >= 4 is 82.5 Å². The maximum absolute atomic E-state index is 9.18. The molecular weight excluding hydrogens is 673 g/mol. The molecule has 0 spiro atoms. The van der Waals surface area contributed by atoms with Gasteiger partial charge in [0.25, 0.3) is 0 Å². The van der Waals surface area contributed by atoms with Crippen molar-refractivity contribution in [1.82, 2.24) is 0 Å². The fourth-order valence-corrected chi connectivity index (χ4v) is 8.02. The maximum atomic E-state index is 9.18. The van der Waals surface area contributed by atoms with Crippen molar-refractivity contribution in [2.24, 2.45) is 0 Å². The van der Waals surface area contributed by atoms with Crippen molar-refractivity contribution < 1.29 is 8.83 Å². The van der Waals surface area contributed by atoms with Crippen LogP contribution in [-0.2, 0) is 0 Å². The third kappa shape index (κ3) is 5.22. The van der Waals surface area contributed by atoms with Gasteiger partial charge in [0.2, 0.25) is 0 Å².